The minimum Gasteiger partial charge on any atom is -0.337 e. The van der Waals surface area contributed by atoms with E-state index < -0.39 is 0 Å². The Morgan fingerprint density at radius 3 is 2.61 bits per heavy atom. The van der Waals surface area contributed by atoms with Gasteiger partial charge in [0.15, 0.2) is 5.01 Å². The largest absolute Gasteiger partial charge is 0.337 e. The third kappa shape index (κ3) is 4.11. The van der Waals surface area contributed by atoms with Crippen molar-refractivity contribution in [3.05, 3.63) is 76.5 Å². The van der Waals surface area contributed by atoms with Crippen LogP contribution in [0.5, 0.6) is 0 Å². The summed E-state index contributed by atoms with van der Waals surface area (Å²) in [7, 11) is 0. The monoisotopic (exact) mass is 431 g/mol. The quantitative estimate of drug-likeness (QED) is 0.494. The molecule has 4 heterocycles. The van der Waals surface area contributed by atoms with Crippen LogP contribution in [0.25, 0.3) is 21.5 Å². The molecule has 0 radical (unpaired) electrons. The van der Waals surface area contributed by atoms with Crippen molar-refractivity contribution < 1.29 is 4.79 Å². The number of piperidine rings is 1. The van der Waals surface area contributed by atoms with Gasteiger partial charge in [-0.3, -0.25) is 19.1 Å². The Morgan fingerprint density at radius 2 is 1.87 bits per heavy atom. The summed E-state index contributed by atoms with van der Waals surface area (Å²) in [6.07, 6.45) is 6.71. The van der Waals surface area contributed by atoms with Crippen molar-refractivity contribution in [3.63, 3.8) is 0 Å². The molecule has 0 spiro atoms. The summed E-state index contributed by atoms with van der Waals surface area (Å²) in [5.41, 5.74) is 2.34. The van der Waals surface area contributed by atoms with E-state index >= 15 is 0 Å². The minimum atomic E-state index is -0.0604. The van der Waals surface area contributed by atoms with Gasteiger partial charge in [-0.05, 0) is 43.0 Å². The number of hydrogen-bond acceptors (Lipinski definition) is 6. The molecule has 0 saturated carbocycles. The summed E-state index contributed by atoms with van der Waals surface area (Å²) in [6, 6.07) is 13.1. The van der Waals surface area contributed by atoms with Gasteiger partial charge >= 0.3 is 0 Å². The lowest BCUT2D eigenvalue weighted by atomic mass is 9.96. The Kier molecular flexibility index (Phi) is 5.30. The smallest absolute Gasteiger partial charge is 0.282 e. The SMILES string of the molecule is O=C(c1nc2ccccc2s1)N1CCC(Cn2cnc(-c3ccncc3)cc2=O)CC1. The fourth-order valence-electron chi connectivity index (χ4n) is 3.94. The van der Waals surface area contributed by atoms with E-state index in [0.717, 1.165) is 28.6 Å². The first kappa shape index (κ1) is 19.6. The number of fused-ring (bicyclic) bond motifs is 1. The molecule has 3 aromatic heterocycles. The van der Waals surface area contributed by atoms with Crippen LogP contribution in [-0.2, 0) is 6.54 Å². The molecule has 1 fully saturated rings. The number of thiazole rings is 1. The van der Waals surface area contributed by atoms with E-state index in [1.807, 2.05) is 41.3 Å². The van der Waals surface area contributed by atoms with Gasteiger partial charge in [0.25, 0.3) is 11.5 Å². The van der Waals surface area contributed by atoms with Crippen molar-refractivity contribution in [1.29, 1.82) is 0 Å². The molecule has 1 aliphatic heterocycles. The highest BCUT2D eigenvalue weighted by Gasteiger charge is 2.26. The highest BCUT2D eigenvalue weighted by atomic mass is 32.1. The second-order valence-electron chi connectivity index (χ2n) is 7.72. The summed E-state index contributed by atoms with van der Waals surface area (Å²) >= 11 is 1.44. The number of carbonyl (C=O) groups excluding carboxylic acids is 1. The van der Waals surface area contributed by atoms with E-state index in [4.69, 9.17) is 0 Å². The Labute approximate surface area is 183 Å². The summed E-state index contributed by atoms with van der Waals surface area (Å²) in [5.74, 6) is 0.339. The molecule has 8 heteroatoms. The van der Waals surface area contributed by atoms with Crippen molar-refractivity contribution in [2.45, 2.75) is 19.4 Å². The van der Waals surface area contributed by atoms with Gasteiger partial charge < -0.3 is 4.90 Å². The number of hydrogen-bond donors (Lipinski definition) is 0. The molecule has 1 saturated heterocycles. The normalized spacial score (nSPS) is 14.8. The van der Waals surface area contributed by atoms with Gasteiger partial charge in [-0.25, -0.2) is 9.97 Å². The predicted octanol–water partition coefficient (Wildman–Crippen LogP) is 3.47. The standard InChI is InChI=1S/C23H21N5O2S/c29-21-13-19(17-5-9-24-10-6-17)25-15-28(21)14-16-7-11-27(12-8-16)23(30)22-26-18-3-1-2-4-20(18)31-22/h1-6,9-10,13,15-16H,7-8,11-12,14H2. The van der Waals surface area contributed by atoms with Gasteiger partial charge in [0.05, 0.1) is 22.2 Å². The molecular weight excluding hydrogens is 410 g/mol. The van der Waals surface area contributed by atoms with Crippen LogP contribution in [0.1, 0.15) is 22.6 Å². The number of amides is 1. The lowest BCUT2D eigenvalue weighted by Gasteiger charge is -2.31. The zero-order valence-corrected chi connectivity index (χ0v) is 17.7. The molecule has 156 valence electrons. The van der Waals surface area contributed by atoms with Crippen LogP contribution in [0.4, 0.5) is 0 Å². The Hall–Kier alpha value is -3.39. The van der Waals surface area contributed by atoms with Gasteiger partial charge in [0.2, 0.25) is 0 Å². The first-order chi connectivity index (χ1) is 15.2. The van der Waals surface area contributed by atoms with Crippen molar-refractivity contribution in [2.24, 2.45) is 5.92 Å². The molecule has 1 amide bonds. The number of benzene rings is 1. The van der Waals surface area contributed by atoms with E-state index in [9.17, 15) is 9.59 Å². The Balaban J connectivity index is 1.22. The molecular formula is C23H21N5O2S. The maximum atomic E-state index is 12.9. The summed E-state index contributed by atoms with van der Waals surface area (Å²) in [6.45, 7) is 1.97. The second-order valence-corrected chi connectivity index (χ2v) is 8.75. The molecule has 7 nitrogen and oxygen atoms in total. The molecule has 0 bridgehead atoms. The van der Waals surface area contributed by atoms with Crippen LogP contribution < -0.4 is 5.56 Å². The minimum absolute atomic E-state index is 0.000174. The average molecular weight is 432 g/mol. The fourth-order valence-corrected chi connectivity index (χ4v) is 4.87. The van der Waals surface area contributed by atoms with Crippen LogP contribution in [0.15, 0.2) is 66.0 Å². The van der Waals surface area contributed by atoms with Crippen LogP contribution in [-0.4, -0.2) is 43.4 Å². The van der Waals surface area contributed by atoms with Crippen LogP contribution in [0.3, 0.4) is 0 Å². The van der Waals surface area contributed by atoms with Gasteiger partial charge in [-0.15, -0.1) is 11.3 Å². The van der Waals surface area contributed by atoms with Crippen LogP contribution >= 0.6 is 11.3 Å². The number of pyridine rings is 1. The van der Waals surface area contributed by atoms with Crippen molar-refractivity contribution in [3.8, 4) is 11.3 Å². The third-order valence-corrected chi connectivity index (χ3v) is 6.71. The van der Waals surface area contributed by atoms with Crippen LogP contribution in [0.2, 0.25) is 0 Å². The highest BCUT2D eigenvalue weighted by molar-refractivity contribution is 7.20. The number of nitrogens with zero attached hydrogens (tertiary/aromatic N) is 5. The topological polar surface area (TPSA) is 81.0 Å². The molecule has 1 aliphatic rings. The molecule has 0 N–H and O–H groups in total. The third-order valence-electron chi connectivity index (χ3n) is 5.69. The van der Waals surface area contributed by atoms with Gasteiger partial charge in [0.1, 0.15) is 0 Å². The van der Waals surface area contributed by atoms with E-state index in [1.54, 1.807) is 29.4 Å². The number of aromatic nitrogens is 4. The van der Waals surface area contributed by atoms with E-state index in [-0.39, 0.29) is 11.5 Å². The van der Waals surface area contributed by atoms with Crippen molar-refractivity contribution >= 4 is 27.5 Å². The number of para-hydroxylation sites is 1. The van der Waals surface area contributed by atoms with Gasteiger partial charge in [0, 0.05) is 43.7 Å². The molecule has 5 rings (SSSR count). The summed E-state index contributed by atoms with van der Waals surface area (Å²) in [4.78, 5) is 40.2. The molecule has 4 aromatic rings. The van der Waals surface area contributed by atoms with Crippen LogP contribution in [0, 0.1) is 5.92 Å². The highest BCUT2D eigenvalue weighted by Crippen LogP contribution is 2.25. The zero-order valence-electron chi connectivity index (χ0n) is 16.8. The Bertz CT molecular complexity index is 1240. The van der Waals surface area contributed by atoms with Gasteiger partial charge in [-0.1, -0.05) is 12.1 Å². The van der Waals surface area contributed by atoms with E-state index in [1.165, 1.54) is 11.3 Å². The lowest BCUT2D eigenvalue weighted by Crippen LogP contribution is -2.40. The number of likely N-dealkylation sites (tertiary alicyclic amines) is 1. The number of rotatable bonds is 4. The molecule has 0 unspecified atom stereocenters. The molecule has 1 aromatic carbocycles. The lowest BCUT2D eigenvalue weighted by molar-refractivity contribution is 0.0682. The van der Waals surface area contributed by atoms with E-state index in [0.29, 0.717) is 36.3 Å². The fraction of sp³-hybridized carbons (Fsp3) is 0.261. The number of carbonyl (C=O) groups is 1. The molecule has 31 heavy (non-hydrogen) atoms. The second kappa shape index (κ2) is 8.39. The van der Waals surface area contributed by atoms with E-state index in [2.05, 4.69) is 15.0 Å². The van der Waals surface area contributed by atoms with Crippen molar-refractivity contribution in [2.75, 3.05) is 13.1 Å². The van der Waals surface area contributed by atoms with Gasteiger partial charge in [-0.2, -0.15) is 0 Å². The predicted molar refractivity (Wildman–Crippen MR) is 120 cm³/mol. The Morgan fingerprint density at radius 1 is 1.10 bits per heavy atom. The first-order valence-electron chi connectivity index (χ1n) is 10.3. The van der Waals surface area contributed by atoms with Crippen molar-refractivity contribution in [1.82, 2.24) is 24.4 Å². The maximum absolute atomic E-state index is 12.9. The zero-order chi connectivity index (χ0) is 21.2. The first-order valence-corrected chi connectivity index (χ1v) is 11.1. The average Bonchev–Trinajstić information content (AvgIpc) is 3.25. The summed E-state index contributed by atoms with van der Waals surface area (Å²) in [5, 5.41) is 0.548. The summed E-state index contributed by atoms with van der Waals surface area (Å²) < 4.78 is 2.70. The molecule has 0 aliphatic carbocycles. The maximum Gasteiger partial charge on any atom is 0.282 e. The molecule has 0 atom stereocenters.